The van der Waals surface area contributed by atoms with Crippen molar-refractivity contribution in [3.63, 3.8) is 0 Å². The van der Waals surface area contributed by atoms with E-state index in [4.69, 9.17) is 26.8 Å². The van der Waals surface area contributed by atoms with Gasteiger partial charge in [-0.15, -0.1) is 0 Å². The van der Waals surface area contributed by atoms with Gasteiger partial charge in [0.1, 0.15) is 40.6 Å². The van der Waals surface area contributed by atoms with Gasteiger partial charge in [0.05, 0.1) is 31.5 Å². The van der Waals surface area contributed by atoms with Gasteiger partial charge in [-0.3, -0.25) is 0 Å². The molecule has 67 heavy (non-hydrogen) atoms. The summed E-state index contributed by atoms with van der Waals surface area (Å²) in [6, 6.07) is 19.7. The van der Waals surface area contributed by atoms with Gasteiger partial charge < -0.3 is 41.4 Å². The normalized spacial score (nSPS) is 17.6. The quantitative estimate of drug-likeness (QED) is 0.0418. The summed E-state index contributed by atoms with van der Waals surface area (Å²) in [6.45, 7) is 14.9. The molecule has 3 heterocycles. The van der Waals surface area contributed by atoms with Gasteiger partial charge in [-0.2, -0.15) is 0 Å². The van der Waals surface area contributed by atoms with Crippen molar-refractivity contribution in [1.82, 2.24) is 20.6 Å². The Labute approximate surface area is 397 Å². The van der Waals surface area contributed by atoms with Crippen molar-refractivity contribution in [3.05, 3.63) is 147 Å². The summed E-state index contributed by atoms with van der Waals surface area (Å²) in [5, 5.41) is 31.8. The van der Waals surface area contributed by atoms with Crippen LogP contribution in [0.4, 0.5) is 23.4 Å². The van der Waals surface area contributed by atoms with Crippen LogP contribution in [0.1, 0.15) is 99.8 Å². The number of aliphatic hydroxyl groups excluding tert-OH is 2. The number of anilines is 1. The summed E-state index contributed by atoms with van der Waals surface area (Å²) in [5.41, 5.74) is 11.9. The fraction of sp³-hybridized carbons (Fsp3) is 0.462. The number of aliphatic hydroxyl groups is 2. The second kappa shape index (κ2) is 23.0. The SMILES string of the molecule is CC(C)(C)Cc1ccc2c(c1)[C@@H](NC[C@@H](O)[C@@H](N)Cc1cc(F)cc(F)c1)CCO2.CC(C)(C)Cc1ccc2c(c1)[C@@H](NC[C@@H](O)[C@H](Cc1cc(F)cc(F)c1)Nc1ccnc(Cl)n1)CCO2. The van der Waals surface area contributed by atoms with Crippen LogP contribution in [0.5, 0.6) is 11.5 Å². The molecule has 1 aromatic heterocycles. The van der Waals surface area contributed by atoms with Crippen molar-refractivity contribution < 1.29 is 37.2 Å². The molecule has 0 spiro atoms. The highest BCUT2D eigenvalue weighted by Gasteiger charge is 2.28. The zero-order chi connectivity index (χ0) is 48.5. The van der Waals surface area contributed by atoms with Gasteiger partial charge in [0.2, 0.25) is 5.28 Å². The predicted octanol–water partition coefficient (Wildman–Crippen LogP) is 9.39. The van der Waals surface area contributed by atoms with Crippen LogP contribution < -0.4 is 31.2 Å². The molecule has 0 aliphatic carbocycles. The molecule has 0 saturated heterocycles. The summed E-state index contributed by atoms with van der Waals surface area (Å²) in [7, 11) is 0. The van der Waals surface area contributed by atoms with E-state index >= 15 is 0 Å². The monoisotopic (exact) mass is 948 g/mol. The molecule has 7 N–H and O–H groups in total. The molecule has 5 aromatic rings. The second-order valence-electron chi connectivity index (χ2n) is 20.1. The van der Waals surface area contributed by atoms with E-state index in [2.05, 4.69) is 91.7 Å². The fourth-order valence-corrected chi connectivity index (χ4v) is 8.73. The first-order valence-corrected chi connectivity index (χ1v) is 23.3. The third-order valence-electron chi connectivity index (χ3n) is 11.5. The van der Waals surface area contributed by atoms with E-state index < -0.39 is 47.6 Å². The lowest BCUT2D eigenvalue weighted by Gasteiger charge is -2.31. The average molecular weight is 950 g/mol. The van der Waals surface area contributed by atoms with Crippen LogP contribution in [0, 0.1) is 34.1 Å². The molecule has 0 fully saturated rings. The van der Waals surface area contributed by atoms with Crippen molar-refractivity contribution in [2.75, 3.05) is 31.6 Å². The van der Waals surface area contributed by atoms with Crippen molar-refractivity contribution in [2.45, 2.75) is 116 Å². The van der Waals surface area contributed by atoms with Crippen LogP contribution in [0.15, 0.2) is 85.1 Å². The lowest BCUT2D eigenvalue weighted by Crippen LogP contribution is -2.44. The summed E-state index contributed by atoms with van der Waals surface area (Å²) in [5.74, 6) is -0.511. The van der Waals surface area contributed by atoms with Crippen molar-refractivity contribution >= 4 is 17.4 Å². The zero-order valence-electron chi connectivity index (χ0n) is 39.2. The molecule has 2 aliphatic rings. The molecule has 7 rings (SSSR count). The van der Waals surface area contributed by atoms with Gasteiger partial charge in [-0.1, -0.05) is 65.8 Å². The van der Waals surface area contributed by atoms with E-state index in [0.717, 1.165) is 60.4 Å². The number of ether oxygens (including phenoxy) is 2. The zero-order valence-corrected chi connectivity index (χ0v) is 39.9. The molecule has 0 saturated carbocycles. The Morgan fingerprint density at radius 2 is 1.12 bits per heavy atom. The number of halogens is 5. The first kappa shape index (κ1) is 51.6. The van der Waals surface area contributed by atoms with E-state index in [9.17, 15) is 27.8 Å². The lowest BCUT2D eigenvalue weighted by atomic mass is 9.86. The lowest BCUT2D eigenvalue weighted by molar-refractivity contribution is 0.133. The minimum absolute atomic E-state index is 0.000854. The Hall–Kier alpha value is -4.83. The Morgan fingerprint density at radius 1 is 0.657 bits per heavy atom. The minimum Gasteiger partial charge on any atom is -0.493 e. The highest BCUT2D eigenvalue weighted by Crippen LogP contribution is 2.36. The molecule has 0 radical (unpaired) electrons. The Balaban J connectivity index is 0.000000226. The number of nitrogens with one attached hydrogen (secondary N) is 3. The third kappa shape index (κ3) is 16.1. The maximum absolute atomic E-state index is 13.8. The summed E-state index contributed by atoms with van der Waals surface area (Å²) < 4.78 is 66.1. The van der Waals surface area contributed by atoms with E-state index in [1.165, 1.54) is 41.6 Å². The number of hydrogen-bond acceptors (Lipinski definition) is 10. The number of nitrogens with zero attached hydrogens (tertiary/aromatic N) is 2. The van der Waals surface area contributed by atoms with Crippen LogP contribution in [-0.2, 0) is 25.7 Å². The van der Waals surface area contributed by atoms with Crippen LogP contribution in [-0.4, -0.2) is 70.8 Å². The molecule has 0 bridgehead atoms. The Bertz CT molecular complexity index is 2380. The van der Waals surface area contributed by atoms with E-state index in [1.54, 1.807) is 6.07 Å². The standard InChI is InChI=1S/C28H33ClF2N4O2.C24H32F2N2O2/c1-28(2,3)15-17-4-5-25-21(12-17)22(7-9-37-25)33-16-24(36)23(34-26-6-8-32-27(29)35-26)13-18-10-19(30)14-20(31)11-18;1-24(2,3)13-15-4-5-23-19(10-15)21(6-7-30-23)28-14-22(29)20(27)11-16-8-17(25)12-18(26)9-16/h4-6,8,10-12,14,22-24,33,36H,7,9,13,15-16H2,1-3H3,(H,32,34,35);4-5,8-10,12,20-22,28-29H,6-7,11,13-14,27H2,1-3H3/t22-,23-,24+;20-,21-,22+/m00/s1. The van der Waals surface area contributed by atoms with Crippen molar-refractivity contribution in [1.29, 1.82) is 0 Å². The molecule has 6 atom stereocenters. The highest BCUT2D eigenvalue weighted by atomic mass is 35.5. The maximum Gasteiger partial charge on any atom is 0.224 e. The molecular weight excluding hydrogens is 884 g/mol. The van der Waals surface area contributed by atoms with Gasteiger partial charge >= 0.3 is 0 Å². The molecule has 10 nitrogen and oxygen atoms in total. The van der Waals surface area contributed by atoms with Crippen LogP contribution in [0.3, 0.4) is 0 Å². The molecule has 15 heteroatoms. The summed E-state index contributed by atoms with van der Waals surface area (Å²) in [4.78, 5) is 8.01. The van der Waals surface area contributed by atoms with Crippen LogP contribution in [0.2, 0.25) is 5.28 Å². The van der Waals surface area contributed by atoms with Crippen molar-refractivity contribution in [2.24, 2.45) is 16.6 Å². The number of fused-ring (bicyclic) bond motifs is 2. The van der Waals surface area contributed by atoms with Gasteiger partial charge in [0.25, 0.3) is 0 Å². The topological polar surface area (TPSA) is 147 Å². The molecule has 362 valence electrons. The number of hydrogen-bond donors (Lipinski definition) is 6. The largest absolute Gasteiger partial charge is 0.493 e. The number of benzene rings is 4. The highest BCUT2D eigenvalue weighted by molar-refractivity contribution is 6.28. The second-order valence-corrected chi connectivity index (χ2v) is 20.5. The van der Waals surface area contributed by atoms with Crippen molar-refractivity contribution in [3.8, 4) is 11.5 Å². The van der Waals surface area contributed by atoms with Crippen LogP contribution in [0.25, 0.3) is 0 Å². The number of aromatic nitrogens is 2. The predicted molar refractivity (Wildman–Crippen MR) is 255 cm³/mol. The van der Waals surface area contributed by atoms with E-state index in [0.29, 0.717) is 30.2 Å². The van der Waals surface area contributed by atoms with Gasteiger partial charge in [0.15, 0.2) is 0 Å². The fourth-order valence-electron chi connectivity index (χ4n) is 8.58. The molecule has 0 unspecified atom stereocenters. The number of nitrogens with two attached hydrogens (primary N) is 1. The van der Waals surface area contributed by atoms with Gasteiger partial charge in [0, 0.05) is 73.5 Å². The van der Waals surface area contributed by atoms with Gasteiger partial charge in [-0.05, 0) is 113 Å². The smallest absolute Gasteiger partial charge is 0.224 e. The first-order chi connectivity index (χ1) is 31.7. The first-order valence-electron chi connectivity index (χ1n) is 22.9. The molecule has 0 amide bonds. The van der Waals surface area contributed by atoms with Gasteiger partial charge in [-0.25, -0.2) is 27.5 Å². The minimum atomic E-state index is -0.913. The summed E-state index contributed by atoms with van der Waals surface area (Å²) >= 11 is 5.92. The van der Waals surface area contributed by atoms with E-state index in [1.807, 2.05) is 12.1 Å². The maximum atomic E-state index is 13.8. The Kier molecular flexibility index (Phi) is 17.7. The number of rotatable bonds is 16. The third-order valence-corrected chi connectivity index (χ3v) is 11.7. The molecule has 4 aromatic carbocycles. The average Bonchev–Trinajstić information content (AvgIpc) is 3.23. The van der Waals surface area contributed by atoms with Crippen LogP contribution >= 0.6 is 11.6 Å². The van der Waals surface area contributed by atoms with E-state index in [-0.39, 0.29) is 54.1 Å². The Morgan fingerprint density at radius 3 is 1.58 bits per heavy atom. The molecular formula is C52H65ClF4N6O4. The molecule has 2 aliphatic heterocycles. The summed E-state index contributed by atoms with van der Waals surface area (Å²) in [6.07, 6.45) is 3.55.